The number of carbonyl (C=O) groups excluding carboxylic acids is 2. The van der Waals surface area contributed by atoms with Crippen LogP contribution in [0.2, 0.25) is 0 Å². The topological polar surface area (TPSA) is 79.5 Å². The monoisotopic (exact) mass is 407 g/mol. The number of para-hydroxylation sites is 1. The molecule has 3 aromatic rings. The molecule has 0 aliphatic rings. The van der Waals surface area contributed by atoms with Gasteiger partial charge in [-0.15, -0.1) is 0 Å². The largest absolute Gasteiger partial charge is 0.457 e. The van der Waals surface area contributed by atoms with E-state index < -0.39 is 6.03 Å². The van der Waals surface area contributed by atoms with Gasteiger partial charge in [0.2, 0.25) is 5.91 Å². The van der Waals surface area contributed by atoms with E-state index in [1.165, 1.54) is 12.1 Å². The van der Waals surface area contributed by atoms with Crippen LogP contribution in [0.3, 0.4) is 0 Å². The molecule has 0 atom stereocenters. The molecule has 3 aromatic carbocycles. The van der Waals surface area contributed by atoms with Crippen LogP contribution in [0, 0.1) is 5.82 Å². The molecular formula is C23H22FN3O3. The molecule has 3 amide bonds. The van der Waals surface area contributed by atoms with Gasteiger partial charge < -0.3 is 20.7 Å². The highest BCUT2D eigenvalue weighted by molar-refractivity contribution is 5.83. The fraction of sp³-hybridized carbons (Fsp3) is 0.130. The van der Waals surface area contributed by atoms with Crippen LogP contribution in [0.15, 0.2) is 78.9 Å². The van der Waals surface area contributed by atoms with Crippen molar-refractivity contribution in [2.24, 2.45) is 0 Å². The van der Waals surface area contributed by atoms with Crippen molar-refractivity contribution in [3.63, 3.8) is 0 Å². The number of nitrogens with one attached hydrogen (secondary N) is 3. The summed E-state index contributed by atoms with van der Waals surface area (Å²) < 4.78 is 18.6. The molecular weight excluding hydrogens is 385 g/mol. The summed E-state index contributed by atoms with van der Waals surface area (Å²) in [5, 5.41) is 7.84. The van der Waals surface area contributed by atoms with Gasteiger partial charge in [0.15, 0.2) is 0 Å². The summed E-state index contributed by atoms with van der Waals surface area (Å²) in [5.74, 6) is 0.749. The van der Waals surface area contributed by atoms with Gasteiger partial charge in [-0.2, -0.15) is 0 Å². The Morgan fingerprint density at radius 1 is 0.733 bits per heavy atom. The van der Waals surface area contributed by atoms with E-state index in [9.17, 15) is 14.0 Å². The predicted molar refractivity (Wildman–Crippen MR) is 111 cm³/mol. The fourth-order valence-corrected chi connectivity index (χ4v) is 2.61. The minimum Gasteiger partial charge on any atom is -0.457 e. The average molecular weight is 407 g/mol. The molecule has 3 N–H and O–H groups in total. The van der Waals surface area contributed by atoms with Gasteiger partial charge in [0, 0.05) is 13.1 Å². The van der Waals surface area contributed by atoms with Crippen molar-refractivity contribution >= 4 is 11.9 Å². The maximum Gasteiger partial charge on any atom is 0.315 e. The smallest absolute Gasteiger partial charge is 0.315 e. The first-order chi connectivity index (χ1) is 14.6. The first-order valence-corrected chi connectivity index (χ1v) is 9.43. The minimum atomic E-state index is -0.479. The minimum absolute atomic E-state index is 0.157. The van der Waals surface area contributed by atoms with Crippen LogP contribution in [-0.2, 0) is 17.9 Å². The van der Waals surface area contributed by atoms with Crippen molar-refractivity contribution in [1.82, 2.24) is 16.0 Å². The highest BCUT2D eigenvalue weighted by Gasteiger charge is 2.06. The molecule has 0 radical (unpaired) electrons. The Bertz CT molecular complexity index is 978. The van der Waals surface area contributed by atoms with E-state index >= 15 is 0 Å². The molecule has 0 saturated heterocycles. The highest BCUT2D eigenvalue weighted by Crippen LogP contribution is 2.21. The molecule has 3 rings (SSSR count). The predicted octanol–water partition coefficient (Wildman–Crippen LogP) is 3.73. The van der Waals surface area contributed by atoms with E-state index in [0.717, 1.165) is 16.9 Å². The Balaban J connectivity index is 1.38. The molecule has 0 aliphatic heterocycles. The van der Waals surface area contributed by atoms with Gasteiger partial charge in [-0.1, -0.05) is 42.5 Å². The molecule has 30 heavy (non-hydrogen) atoms. The summed E-state index contributed by atoms with van der Waals surface area (Å²) in [6, 6.07) is 22.2. The molecule has 0 aliphatic carbocycles. The maximum atomic E-state index is 12.9. The number of amides is 3. The summed E-state index contributed by atoms with van der Waals surface area (Å²) in [7, 11) is 0. The lowest BCUT2D eigenvalue weighted by Crippen LogP contribution is -2.41. The van der Waals surface area contributed by atoms with Crippen molar-refractivity contribution in [2.45, 2.75) is 13.1 Å². The molecule has 6 nitrogen and oxygen atoms in total. The number of halogens is 1. The quantitative estimate of drug-likeness (QED) is 0.532. The Morgan fingerprint density at radius 3 is 2.20 bits per heavy atom. The molecule has 0 bridgehead atoms. The van der Waals surface area contributed by atoms with E-state index in [2.05, 4.69) is 16.0 Å². The number of carbonyl (C=O) groups is 2. The third kappa shape index (κ3) is 6.94. The van der Waals surface area contributed by atoms with Gasteiger partial charge in [0.05, 0.1) is 6.54 Å². The van der Waals surface area contributed by atoms with E-state index in [1.54, 1.807) is 12.1 Å². The van der Waals surface area contributed by atoms with Crippen molar-refractivity contribution in [3.8, 4) is 11.5 Å². The standard InChI is InChI=1S/C23H22FN3O3/c24-19-11-9-17(10-12-19)14-26-23(29)27-16-22(28)25-15-18-5-4-8-21(13-18)30-20-6-2-1-3-7-20/h1-13H,14-16H2,(H,25,28)(H2,26,27,29). The molecule has 0 aromatic heterocycles. The molecule has 0 saturated carbocycles. The Morgan fingerprint density at radius 2 is 1.43 bits per heavy atom. The van der Waals surface area contributed by atoms with Gasteiger partial charge in [-0.3, -0.25) is 4.79 Å². The van der Waals surface area contributed by atoms with Crippen LogP contribution in [0.4, 0.5) is 9.18 Å². The molecule has 154 valence electrons. The van der Waals surface area contributed by atoms with Crippen LogP contribution in [0.1, 0.15) is 11.1 Å². The van der Waals surface area contributed by atoms with Gasteiger partial charge >= 0.3 is 6.03 Å². The second-order valence-corrected chi connectivity index (χ2v) is 6.50. The summed E-state index contributed by atoms with van der Waals surface area (Å²) in [4.78, 5) is 23.8. The lowest BCUT2D eigenvalue weighted by Gasteiger charge is -2.10. The lowest BCUT2D eigenvalue weighted by molar-refractivity contribution is -0.120. The van der Waals surface area contributed by atoms with E-state index in [1.807, 2.05) is 54.6 Å². The maximum absolute atomic E-state index is 12.9. The zero-order valence-corrected chi connectivity index (χ0v) is 16.2. The van der Waals surface area contributed by atoms with Crippen molar-refractivity contribution in [3.05, 3.63) is 95.8 Å². The Labute approximate surface area is 174 Å². The van der Waals surface area contributed by atoms with Crippen molar-refractivity contribution < 1.29 is 18.7 Å². The summed E-state index contributed by atoms with van der Waals surface area (Å²) in [6.45, 7) is 0.390. The SMILES string of the molecule is O=C(CNC(=O)NCc1ccc(F)cc1)NCc1cccc(Oc2ccccc2)c1. The first kappa shape index (κ1) is 20.9. The van der Waals surface area contributed by atoms with Crippen molar-refractivity contribution in [1.29, 1.82) is 0 Å². The Kier molecular flexibility index (Phi) is 7.38. The second-order valence-electron chi connectivity index (χ2n) is 6.50. The van der Waals surface area contributed by atoms with Crippen LogP contribution in [0.25, 0.3) is 0 Å². The van der Waals surface area contributed by atoms with Gasteiger partial charge in [-0.05, 0) is 47.5 Å². The van der Waals surface area contributed by atoms with E-state index in [0.29, 0.717) is 12.3 Å². The van der Waals surface area contributed by atoms with Crippen LogP contribution in [0.5, 0.6) is 11.5 Å². The molecule has 0 heterocycles. The average Bonchev–Trinajstić information content (AvgIpc) is 2.77. The van der Waals surface area contributed by atoms with Crippen molar-refractivity contribution in [2.75, 3.05) is 6.54 Å². The van der Waals surface area contributed by atoms with Gasteiger partial charge in [-0.25, -0.2) is 9.18 Å². The third-order valence-corrected chi connectivity index (χ3v) is 4.14. The summed E-state index contributed by atoms with van der Waals surface area (Å²) in [6.07, 6.45) is 0. The number of ether oxygens (including phenoxy) is 1. The van der Waals surface area contributed by atoms with E-state index in [4.69, 9.17) is 4.74 Å². The Hall–Kier alpha value is -3.87. The highest BCUT2D eigenvalue weighted by atomic mass is 19.1. The molecule has 7 heteroatoms. The number of benzene rings is 3. The lowest BCUT2D eigenvalue weighted by atomic mass is 10.2. The molecule has 0 fully saturated rings. The van der Waals surface area contributed by atoms with Gasteiger partial charge in [0.25, 0.3) is 0 Å². The summed E-state index contributed by atoms with van der Waals surface area (Å²) in [5.41, 5.74) is 1.63. The number of urea groups is 1. The van der Waals surface area contributed by atoms with Gasteiger partial charge in [0.1, 0.15) is 17.3 Å². The number of rotatable bonds is 8. The first-order valence-electron chi connectivity index (χ1n) is 9.43. The van der Waals surface area contributed by atoms with E-state index in [-0.39, 0.29) is 24.8 Å². The second kappa shape index (κ2) is 10.6. The molecule has 0 spiro atoms. The third-order valence-electron chi connectivity index (χ3n) is 4.14. The zero-order chi connectivity index (χ0) is 21.2. The van der Waals surface area contributed by atoms with Crippen LogP contribution in [-0.4, -0.2) is 18.5 Å². The van der Waals surface area contributed by atoms with Crippen LogP contribution < -0.4 is 20.7 Å². The number of hydrogen-bond donors (Lipinski definition) is 3. The fourth-order valence-electron chi connectivity index (χ4n) is 2.61. The normalized spacial score (nSPS) is 10.2. The van der Waals surface area contributed by atoms with Crippen LogP contribution >= 0.6 is 0 Å². The number of hydrogen-bond acceptors (Lipinski definition) is 3. The summed E-state index contributed by atoms with van der Waals surface area (Å²) >= 11 is 0. The zero-order valence-electron chi connectivity index (χ0n) is 16.2. The molecule has 0 unspecified atom stereocenters.